The number of alkyl halides is 1. The predicted molar refractivity (Wildman–Crippen MR) is 76.9 cm³/mol. The number of hydrogen-bond donors (Lipinski definition) is 1. The number of aryl methyl sites for hydroxylation is 1. The van der Waals surface area contributed by atoms with E-state index < -0.39 is 5.79 Å². The first-order valence-corrected chi connectivity index (χ1v) is 7.54. The van der Waals surface area contributed by atoms with Crippen LogP contribution in [-0.2, 0) is 26.5 Å². The van der Waals surface area contributed by atoms with Gasteiger partial charge in [0.2, 0.25) is 5.91 Å². The summed E-state index contributed by atoms with van der Waals surface area (Å²) in [6.45, 7) is 1.21. The molecule has 0 atom stereocenters. The maximum Gasteiger partial charge on any atom is 0.224 e. The van der Waals surface area contributed by atoms with E-state index >= 15 is 0 Å². The number of ether oxygens (including phenoxy) is 2. The van der Waals surface area contributed by atoms with E-state index in [2.05, 4.69) is 11.4 Å². The third-order valence-corrected chi connectivity index (χ3v) is 4.10. The molecule has 0 aromatic heterocycles. The number of amides is 1. The molecule has 1 fully saturated rings. The van der Waals surface area contributed by atoms with Crippen LogP contribution in [0.2, 0.25) is 0 Å². The van der Waals surface area contributed by atoms with Crippen molar-refractivity contribution >= 4 is 23.2 Å². The zero-order valence-corrected chi connectivity index (χ0v) is 12.0. The summed E-state index contributed by atoms with van der Waals surface area (Å²) in [5.41, 5.74) is 3.07. The van der Waals surface area contributed by atoms with Crippen molar-refractivity contribution in [1.82, 2.24) is 0 Å². The Balaban J connectivity index is 1.90. The molecule has 3 rings (SSSR count). The van der Waals surface area contributed by atoms with Crippen LogP contribution in [-0.4, -0.2) is 25.0 Å². The average Bonchev–Trinajstić information content (AvgIpc) is 2.94. The van der Waals surface area contributed by atoms with Gasteiger partial charge in [-0.3, -0.25) is 4.79 Å². The Labute approximate surface area is 123 Å². The largest absolute Gasteiger partial charge is 0.343 e. The molecule has 0 saturated carbocycles. The van der Waals surface area contributed by atoms with Crippen LogP contribution in [0.3, 0.4) is 0 Å². The Morgan fingerprint density at radius 3 is 2.80 bits per heavy atom. The highest BCUT2D eigenvalue weighted by Gasteiger charge is 2.38. The van der Waals surface area contributed by atoms with E-state index in [0.717, 1.165) is 36.1 Å². The Morgan fingerprint density at radius 1 is 1.25 bits per heavy atom. The average molecular weight is 296 g/mol. The monoisotopic (exact) mass is 295 g/mol. The maximum atomic E-state index is 11.4. The second-order valence-electron chi connectivity index (χ2n) is 5.16. The molecule has 0 bridgehead atoms. The summed E-state index contributed by atoms with van der Waals surface area (Å²) in [6, 6.07) is 6.01. The van der Waals surface area contributed by atoms with E-state index in [-0.39, 0.29) is 5.91 Å². The van der Waals surface area contributed by atoms with E-state index in [4.69, 9.17) is 21.1 Å². The van der Waals surface area contributed by atoms with Gasteiger partial charge in [0.15, 0.2) is 5.79 Å². The Kier molecular flexibility index (Phi) is 3.96. The van der Waals surface area contributed by atoms with E-state index in [1.54, 1.807) is 0 Å². The third-order valence-electron chi connectivity index (χ3n) is 3.83. The van der Waals surface area contributed by atoms with Crippen LogP contribution < -0.4 is 5.32 Å². The van der Waals surface area contributed by atoms with Gasteiger partial charge in [0, 0.05) is 30.0 Å². The van der Waals surface area contributed by atoms with Gasteiger partial charge < -0.3 is 14.8 Å². The first-order valence-electron chi connectivity index (χ1n) is 7.01. The van der Waals surface area contributed by atoms with Crippen molar-refractivity contribution in [3.63, 3.8) is 0 Å². The highest BCUT2D eigenvalue weighted by Crippen LogP contribution is 2.38. The molecule has 108 valence electrons. The lowest BCUT2D eigenvalue weighted by atomic mass is 9.94. The summed E-state index contributed by atoms with van der Waals surface area (Å²) < 4.78 is 11.7. The van der Waals surface area contributed by atoms with Crippen molar-refractivity contribution in [2.24, 2.45) is 0 Å². The zero-order chi connectivity index (χ0) is 14.0. The number of rotatable bonds is 4. The molecule has 0 unspecified atom stereocenters. The van der Waals surface area contributed by atoms with Gasteiger partial charge in [0.1, 0.15) is 0 Å². The van der Waals surface area contributed by atoms with Crippen molar-refractivity contribution in [3.05, 3.63) is 29.3 Å². The van der Waals surface area contributed by atoms with Gasteiger partial charge in [-0.2, -0.15) is 0 Å². The quantitative estimate of drug-likeness (QED) is 0.869. The number of carbonyl (C=O) groups excluding carboxylic acids is 1. The molecular weight excluding hydrogens is 278 g/mol. The molecule has 20 heavy (non-hydrogen) atoms. The maximum absolute atomic E-state index is 11.4. The molecule has 5 heteroatoms. The molecule has 0 radical (unpaired) electrons. The second-order valence-corrected chi connectivity index (χ2v) is 5.54. The summed E-state index contributed by atoms with van der Waals surface area (Å²) in [5, 5.41) is 2.89. The second kappa shape index (κ2) is 5.72. The fourth-order valence-electron chi connectivity index (χ4n) is 2.83. The molecule has 0 spiro atoms. The molecule has 2 heterocycles. The molecular formula is C15H18ClNO3. The zero-order valence-electron chi connectivity index (χ0n) is 11.3. The van der Waals surface area contributed by atoms with Crippen LogP contribution in [0.5, 0.6) is 0 Å². The number of fused-ring (bicyclic) bond motifs is 1. The SMILES string of the molecule is O=C1CCc2cc(C3(CCCCl)OCCO3)ccc2N1. The minimum absolute atomic E-state index is 0.0791. The van der Waals surface area contributed by atoms with E-state index in [0.29, 0.717) is 25.5 Å². The topological polar surface area (TPSA) is 47.6 Å². The lowest BCUT2D eigenvalue weighted by Gasteiger charge is -2.29. The fraction of sp³-hybridized carbons (Fsp3) is 0.533. The number of halogens is 1. The van der Waals surface area contributed by atoms with Crippen molar-refractivity contribution in [1.29, 1.82) is 0 Å². The summed E-state index contributed by atoms with van der Waals surface area (Å²) in [5.74, 6) is 0.0105. The predicted octanol–water partition coefficient (Wildman–Crippen LogP) is 2.79. The van der Waals surface area contributed by atoms with Gasteiger partial charge in [-0.25, -0.2) is 0 Å². The molecule has 1 N–H and O–H groups in total. The molecule has 2 aliphatic rings. The van der Waals surface area contributed by atoms with Crippen LogP contribution in [0.1, 0.15) is 30.4 Å². The van der Waals surface area contributed by atoms with Gasteiger partial charge in [0.25, 0.3) is 0 Å². The Hall–Kier alpha value is -1.10. The van der Waals surface area contributed by atoms with Gasteiger partial charge in [-0.05, 0) is 30.5 Å². The van der Waals surface area contributed by atoms with Gasteiger partial charge in [0.05, 0.1) is 13.2 Å². The molecule has 0 aliphatic carbocycles. The van der Waals surface area contributed by atoms with Crippen LogP contribution >= 0.6 is 11.6 Å². The van der Waals surface area contributed by atoms with E-state index in [9.17, 15) is 4.79 Å². The number of nitrogens with one attached hydrogen (secondary N) is 1. The van der Waals surface area contributed by atoms with Gasteiger partial charge >= 0.3 is 0 Å². The first kappa shape index (κ1) is 13.9. The van der Waals surface area contributed by atoms with Crippen molar-refractivity contribution in [2.75, 3.05) is 24.4 Å². The van der Waals surface area contributed by atoms with Crippen LogP contribution in [0, 0.1) is 0 Å². The highest BCUT2D eigenvalue weighted by molar-refractivity contribution is 6.17. The van der Waals surface area contributed by atoms with Crippen LogP contribution in [0.4, 0.5) is 5.69 Å². The van der Waals surface area contributed by atoms with Crippen LogP contribution in [0.25, 0.3) is 0 Å². The van der Waals surface area contributed by atoms with E-state index in [1.807, 2.05) is 12.1 Å². The molecule has 1 aromatic carbocycles. The van der Waals surface area contributed by atoms with Gasteiger partial charge in [-0.15, -0.1) is 11.6 Å². The number of anilines is 1. The summed E-state index contributed by atoms with van der Waals surface area (Å²) >= 11 is 5.80. The van der Waals surface area contributed by atoms with Crippen LogP contribution in [0.15, 0.2) is 18.2 Å². The normalized spacial score (nSPS) is 20.6. The summed E-state index contributed by atoms with van der Waals surface area (Å²) in [7, 11) is 0. The fourth-order valence-corrected chi connectivity index (χ4v) is 2.96. The molecule has 4 nitrogen and oxygen atoms in total. The number of carbonyl (C=O) groups is 1. The third kappa shape index (κ3) is 2.55. The standard InChI is InChI=1S/C15H18ClNO3/c16-7-1-6-15(19-8-9-20-15)12-3-4-13-11(10-12)2-5-14(18)17-13/h3-4,10H,1-2,5-9H2,(H,17,18). The molecule has 1 saturated heterocycles. The minimum atomic E-state index is -0.661. The van der Waals surface area contributed by atoms with Crippen molar-refractivity contribution < 1.29 is 14.3 Å². The Bertz CT molecular complexity index is 512. The Morgan fingerprint density at radius 2 is 2.05 bits per heavy atom. The summed E-state index contributed by atoms with van der Waals surface area (Å²) in [6.07, 6.45) is 2.89. The lowest BCUT2D eigenvalue weighted by molar-refractivity contribution is -0.170. The molecule has 1 amide bonds. The molecule has 1 aromatic rings. The first-order chi connectivity index (χ1) is 9.73. The van der Waals surface area contributed by atoms with E-state index in [1.165, 1.54) is 0 Å². The smallest absolute Gasteiger partial charge is 0.224 e. The van der Waals surface area contributed by atoms with Gasteiger partial charge in [-0.1, -0.05) is 6.07 Å². The minimum Gasteiger partial charge on any atom is -0.343 e. The van der Waals surface area contributed by atoms with Crippen molar-refractivity contribution in [3.8, 4) is 0 Å². The number of hydrogen-bond acceptors (Lipinski definition) is 3. The number of benzene rings is 1. The van der Waals surface area contributed by atoms with Crippen molar-refractivity contribution in [2.45, 2.75) is 31.5 Å². The molecule has 2 aliphatic heterocycles. The lowest BCUT2D eigenvalue weighted by Crippen LogP contribution is -2.28. The highest BCUT2D eigenvalue weighted by atomic mass is 35.5. The summed E-state index contributed by atoms with van der Waals surface area (Å²) in [4.78, 5) is 11.4.